The summed E-state index contributed by atoms with van der Waals surface area (Å²) in [5.74, 6) is -0.318. The number of rotatable bonds is 6. The van der Waals surface area contributed by atoms with Gasteiger partial charge in [0.1, 0.15) is 5.82 Å². The third kappa shape index (κ3) is 4.62. The third-order valence-electron chi connectivity index (χ3n) is 3.30. The summed E-state index contributed by atoms with van der Waals surface area (Å²) in [6.45, 7) is -0.152. The molecule has 3 aromatic rings. The maximum atomic E-state index is 12.9. The average Bonchev–Trinajstić information content (AvgIpc) is 3.04. The van der Waals surface area contributed by atoms with Gasteiger partial charge >= 0.3 is 0 Å². The first kappa shape index (κ1) is 17.5. The number of hydrogen-bond acceptors (Lipinski definition) is 5. The molecule has 0 fully saturated rings. The largest absolute Gasteiger partial charge is 0.338 e. The average molecular weight is 382 g/mol. The van der Waals surface area contributed by atoms with E-state index in [-0.39, 0.29) is 24.0 Å². The Morgan fingerprint density at radius 3 is 2.56 bits per heavy atom. The van der Waals surface area contributed by atoms with Gasteiger partial charge in [-0.3, -0.25) is 0 Å². The molecule has 9 heteroatoms. The van der Waals surface area contributed by atoms with Gasteiger partial charge in [0.2, 0.25) is 21.7 Å². The Bertz CT molecular complexity index is 974. The highest BCUT2D eigenvalue weighted by Crippen LogP contribution is 2.24. The van der Waals surface area contributed by atoms with Crippen molar-refractivity contribution in [2.75, 3.05) is 0 Å². The van der Waals surface area contributed by atoms with E-state index in [9.17, 15) is 12.8 Å². The molecule has 0 aliphatic rings. The van der Waals surface area contributed by atoms with Crippen molar-refractivity contribution in [2.24, 2.45) is 0 Å². The van der Waals surface area contributed by atoms with Crippen molar-refractivity contribution in [3.63, 3.8) is 0 Å². The van der Waals surface area contributed by atoms with Gasteiger partial charge in [-0.2, -0.15) is 4.98 Å². The number of nitrogens with zero attached hydrogens (tertiary/aromatic N) is 2. The summed E-state index contributed by atoms with van der Waals surface area (Å²) in [4.78, 5) is 4.12. The maximum Gasteiger partial charge on any atom is 0.242 e. The van der Waals surface area contributed by atoms with Crippen molar-refractivity contribution >= 4 is 21.6 Å². The molecule has 0 saturated carbocycles. The third-order valence-corrected chi connectivity index (χ3v) is 4.92. The minimum absolute atomic E-state index is 0.109. The van der Waals surface area contributed by atoms with E-state index in [2.05, 4.69) is 14.9 Å². The Hall–Kier alpha value is -2.29. The van der Waals surface area contributed by atoms with Crippen LogP contribution >= 0.6 is 11.6 Å². The second-order valence-electron chi connectivity index (χ2n) is 5.20. The first-order valence-electron chi connectivity index (χ1n) is 7.22. The van der Waals surface area contributed by atoms with E-state index >= 15 is 0 Å². The number of sulfonamides is 1. The van der Waals surface area contributed by atoms with E-state index in [1.54, 1.807) is 24.3 Å². The van der Waals surface area contributed by atoms with Crippen molar-refractivity contribution < 1.29 is 17.3 Å². The highest BCUT2D eigenvalue weighted by molar-refractivity contribution is 7.88. The predicted molar refractivity (Wildman–Crippen MR) is 90.6 cm³/mol. The van der Waals surface area contributed by atoms with E-state index in [0.717, 1.165) is 0 Å². The Morgan fingerprint density at radius 2 is 1.84 bits per heavy atom. The van der Waals surface area contributed by atoms with Gasteiger partial charge in [0.05, 0.1) is 17.3 Å². The second-order valence-corrected chi connectivity index (χ2v) is 7.41. The topological polar surface area (TPSA) is 85.1 Å². The monoisotopic (exact) mass is 381 g/mol. The first-order valence-corrected chi connectivity index (χ1v) is 9.25. The van der Waals surface area contributed by atoms with Gasteiger partial charge in [0.15, 0.2) is 0 Å². The molecule has 0 unspecified atom stereocenters. The van der Waals surface area contributed by atoms with E-state index in [0.29, 0.717) is 16.1 Å². The summed E-state index contributed by atoms with van der Waals surface area (Å²) >= 11 is 6.06. The van der Waals surface area contributed by atoms with E-state index in [4.69, 9.17) is 16.1 Å². The van der Waals surface area contributed by atoms with E-state index in [1.807, 2.05) is 0 Å². The molecule has 1 aromatic heterocycles. The van der Waals surface area contributed by atoms with Crippen LogP contribution in [0.15, 0.2) is 53.1 Å². The van der Waals surface area contributed by atoms with Crippen LogP contribution in [0.1, 0.15) is 11.5 Å². The molecule has 130 valence electrons. The summed E-state index contributed by atoms with van der Waals surface area (Å²) in [6, 6.07) is 12.2. The van der Waals surface area contributed by atoms with Gasteiger partial charge in [-0.05, 0) is 29.8 Å². The molecule has 0 radical (unpaired) electrons. The molecular formula is C16H13ClFN3O3S. The molecule has 2 aromatic carbocycles. The Kier molecular flexibility index (Phi) is 5.12. The van der Waals surface area contributed by atoms with Gasteiger partial charge < -0.3 is 4.52 Å². The number of benzene rings is 2. The zero-order chi connectivity index (χ0) is 17.9. The molecule has 6 nitrogen and oxygen atoms in total. The smallest absolute Gasteiger partial charge is 0.242 e. The van der Waals surface area contributed by atoms with Gasteiger partial charge in [-0.15, -0.1) is 0 Å². The highest BCUT2D eigenvalue weighted by Gasteiger charge is 2.15. The molecular weight excluding hydrogens is 369 g/mol. The van der Waals surface area contributed by atoms with Crippen LogP contribution < -0.4 is 4.72 Å². The quantitative estimate of drug-likeness (QED) is 0.709. The fourth-order valence-corrected chi connectivity index (χ4v) is 3.40. The van der Waals surface area contributed by atoms with Crippen LogP contribution in [0.25, 0.3) is 11.4 Å². The van der Waals surface area contributed by atoms with Gasteiger partial charge in [0.25, 0.3) is 0 Å². The minimum atomic E-state index is -3.64. The van der Waals surface area contributed by atoms with Gasteiger partial charge in [0, 0.05) is 5.56 Å². The molecule has 0 amide bonds. The molecule has 25 heavy (non-hydrogen) atoms. The fraction of sp³-hybridized carbons (Fsp3) is 0.125. The van der Waals surface area contributed by atoms with Crippen LogP contribution in [0.5, 0.6) is 0 Å². The van der Waals surface area contributed by atoms with Crippen LogP contribution in [-0.4, -0.2) is 18.6 Å². The van der Waals surface area contributed by atoms with Crippen molar-refractivity contribution in [1.82, 2.24) is 14.9 Å². The maximum absolute atomic E-state index is 12.9. The standard InChI is InChI=1S/C16H13ClFN3O3S/c17-14-4-2-1-3-13(14)16-20-15(24-21-16)9-19-25(22,23)10-11-5-7-12(18)8-6-11/h1-8,19H,9-10H2. The molecule has 0 aliphatic heterocycles. The number of hydrogen-bond donors (Lipinski definition) is 1. The number of halogens is 2. The lowest BCUT2D eigenvalue weighted by atomic mass is 10.2. The first-order chi connectivity index (χ1) is 11.9. The lowest BCUT2D eigenvalue weighted by Crippen LogP contribution is -2.24. The molecule has 0 saturated heterocycles. The number of aromatic nitrogens is 2. The van der Waals surface area contributed by atoms with Crippen LogP contribution in [0, 0.1) is 5.82 Å². The van der Waals surface area contributed by atoms with Gasteiger partial charge in [-0.25, -0.2) is 17.5 Å². The van der Waals surface area contributed by atoms with E-state index in [1.165, 1.54) is 24.3 Å². The Balaban J connectivity index is 1.65. The summed E-state index contributed by atoms with van der Waals surface area (Å²) in [5, 5.41) is 4.26. The molecule has 0 aliphatic carbocycles. The van der Waals surface area contributed by atoms with Crippen molar-refractivity contribution in [1.29, 1.82) is 0 Å². The second kappa shape index (κ2) is 7.30. The minimum Gasteiger partial charge on any atom is -0.338 e. The zero-order valence-electron chi connectivity index (χ0n) is 12.8. The summed E-state index contributed by atoms with van der Waals surface area (Å²) in [5.41, 5.74) is 1.06. The molecule has 0 bridgehead atoms. The van der Waals surface area contributed by atoms with Crippen LogP contribution in [0.3, 0.4) is 0 Å². The van der Waals surface area contributed by atoms with Crippen LogP contribution in [-0.2, 0) is 22.3 Å². The molecule has 0 atom stereocenters. The summed E-state index contributed by atoms with van der Waals surface area (Å²) < 4.78 is 44.4. The van der Waals surface area contributed by atoms with Crippen molar-refractivity contribution in [3.05, 3.63) is 70.8 Å². The van der Waals surface area contributed by atoms with E-state index < -0.39 is 15.8 Å². The summed E-state index contributed by atoms with van der Waals surface area (Å²) in [6.07, 6.45) is 0. The summed E-state index contributed by atoms with van der Waals surface area (Å²) in [7, 11) is -3.64. The molecule has 1 N–H and O–H groups in total. The molecule has 0 spiro atoms. The molecule has 3 rings (SSSR count). The zero-order valence-corrected chi connectivity index (χ0v) is 14.4. The SMILES string of the molecule is O=S(=O)(Cc1ccc(F)cc1)NCc1nc(-c2ccccc2Cl)no1. The molecule has 1 heterocycles. The number of nitrogens with one attached hydrogen (secondary N) is 1. The van der Waals surface area contributed by atoms with Crippen LogP contribution in [0.4, 0.5) is 4.39 Å². The van der Waals surface area contributed by atoms with Crippen LogP contribution in [0.2, 0.25) is 5.02 Å². The fourth-order valence-electron chi connectivity index (χ4n) is 2.10. The Morgan fingerprint density at radius 1 is 1.12 bits per heavy atom. The van der Waals surface area contributed by atoms with Gasteiger partial charge in [-0.1, -0.05) is 41.0 Å². The lowest BCUT2D eigenvalue weighted by molar-refractivity contribution is 0.376. The predicted octanol–water partition coefficient (Wildman–Crippen LogP) is 3.15. The normalized spacial score (nSPS) is 11.6. The van der Waals surface area contributed by atoms with Crippen molar-refractivity contribution in [3.8, 4) is 11.4 Å². The van der Waals surface area contributed by atoms with Crippen molar-refractivity contribution in [2.45, 2.75) is 12.3 Å². The lowest BCUT2D eigenvalue weighted by Gasteiger charge is -2.04. The Labute approximate surface area is 148 Å². The highest BCUT2D eigenvalue weighted by atomic mass is 35.5.